The van der Waals surface area contributed by atoms with E-state index in [0.29, 0.717) is 5.56 Å². The third-order valence-corrected chi connectivity index (χ3v) is 3.54. The highest BCUT2D eigenvalue weighted by Crippen LogP contribution is 2.25. The monoisotopic (exact) mass is 288 g/mol. The fraction of sp³-hybridized carbons (Fsp3) is 0.375. The quantitative estimate of drug-likeness (QED) is 0.620. The third-order valence-electron chi connectivity index (χ3n) is 3.54. The molecule has 1 aromatic heterocycles. The maximum absolute atomic E-state index is 11.1. The van der Waals surface area contributed by atoms with Gasteiger partial charge in [0.2, 0.25) is 0 Å². The predicted molar refractivity (Wildman–Crippen MR) is 81.1 cm³/mol. The third kappa shape index (κ3) is 4.16. The van der Waals surface area contributed by atoms with Crippen molar-refractivity contribution < 1.29 is 9.34 Å². The number of nitro benzene ring substituents is 1. The van der Waals surface area contributed by atoms with Crippen molar-refractivity contribution in [3.05, 3.63) is 64.1 Å². The minimum atomic E-state index is -0.332. The molecular weight excluding hydrogens is 268 g/mol. The topological polar surface area (TPSA) is 68.3 Å². The largest absolute Gasteiger partial charge is 0.469 e. The second kappa shape index (κ2) is 7.04. The number of benzene rings is 1. The molecule has 2 unspecified atom stereocenters. The maximum atomic E-state index is 11.1. The Morgan fingerprint density at radius 1 is 1.24 bits per heavy atom. The molecule has 2 atom stereocenters. The molecular formula is C16H20N2O3. The Labute approximate surface area is 124 Å². The molecule has 0 spiro atoms. The number of hydrogen-bond donors (Lipinski definition) is 1. The van der Waals surface area contributed by atoms with Crippen LogP contribution in [0, 0.1) is 10.1 Å². The summed E-state index contributed by atoms with van der Waals surface area (Å²) in [6.45, 7) is 4.03. The number of hydrogen-bond acceptors (Lipinski definition) is 4. The van der Waals surface area contributed by atoms with Crippen LogP contribution in [0.1, 0.15) is 37.6 Å². The Morgan fingerprint density at radius 2 is 2.00 bits per heavy atom. The van der Waals surface area contributed by atoms with Gasteiger partial charge in [-0.25, -0.2) is 0 Å². The van der Waals surface area contributed by atoms with E-state index in [9.17, 15) is 10.1 Å². The van der Waals surface area contributed by atoms with E-state index >= 15 is 0 Å². The summed E-state index contributed by atoms with van der Waals surface area (Å²) in [5.74, 6) is 0.960. The van der Waals surface area contributed by atoms with E-state index in [4.69, 9.17) is 4.42 Å². The number of para-hydroxylation sites is 1. The standard InChI is InChI=1S/C16H20N2O3/c1-12(9-10-14-6-5-11-21-14)17-13(2)15-7-3-4-8-16(15)18(19)20/h3-8,11-13,17H,9-10H2,1-2H3. The highest BCUT2D eigenvalue weighted by Gasteiger charge is 2.19. The second-order valence-electron chi connectivity index (χ2n) is 5.22. The highest BCUT2D eigenvalue weighted by molar-refractivity contribution is 5.41. The molecule has 2 aromatic rings. The number of aryl methyl sites for hydroxylation is 1. The fourth-order valence-electron chi connectivity index (χ4n) is 2.43. The predicted octanol–water partition coefficient (Wildman–Crippen LogP) is 3.86. The van der Waals surface area contributed by atoms with Gasteiger partial charge in [-0.3, -0.25) is 10.1 Å². The van der Waals surface area contributed by atoms with Gasteiger partial charge in [-0.2, -0.15) is 0 Å². The van der Waals surface area contributed by atoms with Gasteiger partial charge in [-0.05, 0) is 32.4 Å². The van der Waals surface area contributed by atoms with Gasteiger partial charge in [0.1, 0.15) is 5.76 Å². The number of nitrogens with zero attached hydrogens (tertiary/aromatic N) is 1. The summed E-state index contributed by atoms with van der Waals surface area (Å²) in [6, 6.07) is 10.9. The first kappa shape index (κ1) is 15.3. The molecule has 5 nitrogen and oxygen atoms in total. The molecule has 112 valence electrons. The Balaban J connectivity index is 1.94. The zero-order valence-corrected chi connectivity index (χ0v) is 12.3. The fourth-order valence-corrected chi connectivity index (χ4v) is 2.43. The average molecular weight is 288 g/mol. The van der Waals surface area contributed by atoms with Crippen LogP contribution in [0.25, 0.3) is 0 Å². The van der Waals surface area contributed by atoms with E-state index in [1.807, 2.05) is 25.1 Å². The van der Waals surface area contributed by atoms with E-state index in [1.165, 1.54) is 0 Å². The Bertz CT molecular complexity index is 581. The molecule has 0 saturated carbocycles. The molecule has 0 amide bonds. The maximum Gasteiger partial charge on any atom is 0.274 e. The lowest BCUT2D eigenvalue weighted by atomic mass is 10.0. The van der Waals surface area contributed by atoms with Crippen LogP contribution < -0.4 is 5.32 Å². The smallest absolute Gasteiger partial charge is 0.274 e. The van der Waals surface area contributed by atoms with Crippen molar-refractivity contribution in [3.8, 4) is 0 Å². The molecule has 1 aromatic carbocycles. The van der Waals surface area contributed by atoms with Crippen molar-refractivity contribution in [1.29, 1.82) is 0 Å². The number of furan rings is 1. The van der Waals surface area contributed by atoms with Crippen LogP contribution in [0.4, 0.5) is 5.69 Å². The van der Waals surface area contributed by atoms with Crippen LogP contribution >= 0.6 is 0 Å². The Hall–Kier alpha value is -2.14. The first-order valence-electron chi connectivity index (χ1n) is 7.09. The molecule has 0 aliphatic heterocycles. The molecule has 0 radical (unpaired) electrons. The highest BCUT2D eigenvalue weighted by atomic mass is 16.6. The molecule has 0 fully saturated rings. The number of nitrogens with one attached hydrogen (secondary N) is 1. The van der Waals surface area contributed by atoms with Crippen LogP contribution in [0.5, 0.6) is 0 Å². The lowest BCUT2D eigenvalue weighted by Gasteiger charge is -2.20. The lowest BCUT2D eigenvalue weighted by molar-refractivity contribution is -0.385. The van der Waals surface area contributed by atoms with E-state index in [0.717, 1.165) is 18.6 Å². The lowest BCUT2D eigenvalue weighted by Crippen LogP contribution is -2.29. The summed E-state index contributed by atoms with van der Waals surface area (Å²) in [6.07, 6.45) is 3.44. The molecule has 2 rings (SSSR count). The van der Waals surface area contributed by atoms with Crippen molar-refractivity contribution in [3.63, 3.8) is 0 Å². The van der Waals surface area contributed by atoms with Crippen molar-refractivity contribution in [2.75, 3.05) is 0 Å². The molecule has 0 aliphatic carbocycles. The van der Waals surface area contributed by atoms with Crippen LogP contribution in [0.2, 0.25) is 0 Å². The SMILES string of the molecule is CC(CCc1ccco1)NC(C)c1ccccc1[N+](=O)[O-]. The van der Waals surface area contributed by atoms with Gasteiger partial charge in [0.15, 0.2) is 0 Å². The van der Waals surface area contributed by atoms with Crippen LogP contribution in [-0.4, -0.2) is 11.0 Å². The van der Waals surface area contributed by atoms with Crippen LogP contribution in [0.15, 0.2) is 47.1 Å². The van der Waals surface area contributed by atoms with Crippen molar-refractivity contribution in [1.82, 2.24) is 5.32 Å². The van der Waals surface area contributed by atoms with Crippen LogP contribution in [0.3, 0.4) is 0 Å². The molecule has 5 heteroatoms. The molecule has 21 heavy (non-hydrogen) atoms. The van der Waals surface area contributed by atoms with E-state index in [-0.39, 0.29) is 22.7 Å². The average Bonchev–Trinajstić information content (AvgIpc) is 2.98. The van der Waals surface area contributed by atoms with Gasteiger partial charge in [0.25, 0.3) is 5.69 Å². The molecule has 1 N–H and O–H groups in total. The van der Waals surface area contributed by atoms with Gasteiger partial charge in [-0.1, -0.05) is 18.2 Å². The zero-order valence-electron chi connectivity index (χ0n) is 12.3. The summed E-state index contributed by atoms with van der Waals surface area (Å²) in [5, 5.41) is 14.5. The molecule has 1 heterocycles. The minimum Gasteiger partial charge on any atom is -0.469 e. The first-order chi connectivity index (χ1) is 10.1. The Morgan fingerprint density at radius 3 is 2.67 bits per heavy atom. The summed E-state index contributed by atoms with van der Waals surface area (Å²) >= 11 is 0. The van der Waals surface area contributed by atoms with E-state index < -0.39 is 0 Å². The number of nitro groups is 1. The van der Waals surface area contributed by atoms with Crippen molar-refractivity contribution in [2.45, 2.75) is 38.8 Å². The van der Waals surface area contributed by atoms with Crippen molar-refractivity contribution in [2.24, 2.45) is 0 Å². The zero-order chi connectivity index (χ0) is 15.2. The second-order valence-corrected chi connectivity index (χ2v) is 5.22. The summed E-state index contributed by atoms with van der Waals surface area (Å²) in [5.41, 5.74) is 0.878. The Kier molecular flexibility index (Phi) is 5.11. The minimum absolute atomic E-state index is 0.0711. The summed E-state index contributed by atoms with van der Waals surface area (Å²) < 4.78 is 5.31. The van der Waals surface area contributed by atoms with Crippen LogP contribution in [-0.2, 0) is 6.42 Å². The van der Waals surface area contributed by atoms with E-state index in [2.05, 4.69) is 12.2 Å². The van der Waals surface area contributed by atoms with Gasteiger partial charge < -0.3 is 9.73 Å². The molecule has 0 aliphatic rings. The van der Waals surface area contributed by atoms with Gasteiger partial charge in [-0.15, -0.1) is 0 Å². The first-order valence-corrected chi connectivity index (χ1v) is 7.09. The summed E-state index contributed by atoms with van der Waals surface area (Å²) in [4.78, 5) is 10.7. The normalized spacial score (nSPS) is 13.8. The molecule has 0 bridgehead atoms. The van der Waals surface area contributed by atoms with E-state index in [1.54, 1.807) is 24.5 Å². The summed E-state index contributed by atoms with van der Waals surface area (Å²) in [7, 11) is 0. The van der Waals surface area contributed by atoms with Gasteiger partial charge >= 0.3 is 0 Å². The van der Waals surface area contributed by atoms with Gasteiger partial charge in [0.05, 0.1) is 11.2 Å². The molecule has 0 saturated heterocycles. The van der Waals surface area contributed by atoms with Gasteiger partial charge in [0, 0.05) is 30.1 Å². The van der Waals surface area contributed by atoms with Crippen molar-refractivity contribution >= 4 is 5.69 Å². The number of rotatable bonds is 7.